The molecule has 0 radical (unpaired) electrons. The second-order valence-electron chi connectivity index (χ2n) is 4.38. The first-order valence-corrected chi connectivity index (χ1v) is 4.84. The average Bonchev–Trinajstić information content (AvgIpc) is 2.11. The molecule has 0 unspecified atom stereocenters. The maximum atomic E-state index is 5.30. The molecule has 1 aromatic carbocycles. The fourth-order valence-corrected chi connectivity index (χ4v) is 1.67. The van der Waals surface area contributed by atoms with E-state index in [1.54, 1.807) is 0 Å². The normalized spacial score (nSPS) is 11.9. The lowest BCUT2D eigenvalue weighted by Gasteiger charge is -2.25. The van der Waals surface area contributed by atoms with Crippen molar-refractivity contribution in [3.8, 4) is 0 Å². The first-order valence-electron chi connectivity index (χ1n) is 4.84. The molecule has 0 aliphatic carbocycles. The Kier molecular flexibility index (Phi) is 2.98. The van der Waals surface area contributed by atoms with Crippen molar-refractivity contribution in [1.29, 1.82) is 0 Å². The van der Waals surface area contributed by atoms with Gasteiger partial charge in [-0.05, 0) is 56.9 Å². The van der Waals surface area contributed by atoms with Gasteiger partial charge in [-0.15, -0.1) is 0 Å². The second-order valence-corrected chi connectivity index (χ2v) is 4.38. The summed E-state index contributed by atoms with van der Waals surface area (Å²) in [7, 11) is 0. The average molecular weight is 193 g/mol. The summed E-state index contributed by atoms with van der Waals surface area (Å²) >= 11 is 0. The molecule has 0 aliphatic rings. The Labute approximate surface area is 86.0 Å². The van der Waals surface area contributed by atoms with Gasteiger partial charge >= 0.3 is 0 Å². The van der Waals surface area contributed by atoms with E-state index >= 15 is 0 Å². The van der Waals surface area contributed by atoms with Crippen LogP contribution in [0.5, 0.6) is 0 Å². The molecule has 2 nitrogen and oxygen atoms in total. The minimum Gasteiger partial charge on any atom is -0.294 e. The predicted molar refractivity (Wildman–Crippen MR) is 59.0 cm³/mol. The zero-order valence-corrected chi connectivity index (χ0v) is 9.64. The number of hydrogen-bond acceptors (Lipinski definition) is 2. The molecule has 0 spiro atoms. The molecule has 0 atom stereocenters. The Morgan fingerprint density at radius 1 is 1.00 bits per heavy atom. The minimum atomic E-state index is -0.414. The van der Waals surface area contributed by atoms with E-state index in [0.717, 1.165) is 5.56 Å². The standard InChI is InChI=1S/C12H19NO/c1-8-6-10(3)11(7-9(8)2)12(4,5)14-13/h6-7H,13H2,1-5H3. The van der Waals surface area contributed by atoms with Crippen LogP contribution in [0.1, 0.15) is 36.1 Å². The molecule has 1 aromatic rings. The van der Waals surface area contributed by atoms with E-state index < -0.39 is 5.60 Å². The molecule has 0 heterocycles. The number of benzene rings is 1. The Balaban J connectivity index is 3.29. The highest BCUT2D eigenvalue weighted by molar-refractivity contribution is 5.39. The Hall–Kier alpha value is -0.860. The van der Waals surface area contributed by atoms with Crippen LogP contribution in [-0.2, 0) is 10.4 Å². The van der Waals surface area contributed by atoms with Crippen LogP contribution in [0, 0.1) is 20.8 Å². The summed E-state index contributed by atoms with van der Waals surface area (Å²) in [5.41, 5.74) is 4.55. The summed E-state index contributed by atoms with van der Waals surface area (Å²) in [5, 5.41) is 0. The van der Waals surface area contributed by atoms with E-state index in [4.69, 9.17) is 10.7 Å². The summed E-state index contributed by atoms with van der Waals surface area (Å²) in [6.45, 7) is 10.3. The summed E-state index contributed by atoms with van der Waals surface area (Å²) in [6.07, 6.45) is 0. The monoisotopic (exact) mass is 193 g/mol. The first kappa shape index (κ1) is 11.2. The lowest BCUT2D eigenvalue weighted by atomic mass is 9.90. The van der Waals surface area contributed by atoms with Crippen LogP contribution in [0.25, 0.3) is 0 Å². The smallest absolute Gasteiger partial charge is 0.109 e. The molecule has 0 fully saturated rings. The van der Waals surface area contributed by atoms with E-state index in [2.05, 4.69) is 32.9 Å². The van der Waals surface area contributed by atoms with Gasteiger partial charge in [-0.3, -0.25) is 4.84 Å². The molecule has 2 N–H and O–H groups in total. The second kappa shape index (κ2) is 3.71. The van der Waals surface area contributed by atoms with Crippen LogP contribution < -0.4 is 5.90 Å². The molecule has 0 bridgehead atoms. The van der Waals surface area contributed by atoms with Gasteiger partial charge in [0.25, 0.3) is 0 Å². The van der Waals surface area contributed by atoms with Gasteiger partial charge in [0.2, 0.25) is 0 Å². The van der Waals surface area contributed by atoms with Crippen molar-refractivity contribution in [3.63, 3.8) is 0 Å². The van der Waals surface area contributed by atoms with Gasteiger partial charge in [-0.1, -0.05) is 12.1 Å². The summed E-state index contributed by atoms with van der Waals surface area (Å²) in [4.78, 5) is 5.00. The number of rotatable bonds is 2. The lowest BCUT2D eigenvalue weighted by Crippen LogP contribution is -2.26. The maximum Gasteiger partial charge on any atom is 0.109 e. The van der Waals surface area contributed by atoms with E-state index in [0.29, 0.717) is 0 Å². The third-order valence-electron chi connectivity index (χ3n) is 2.78. The molecular weight excluding hydrogens is 174 g/mol. The predicted octanol–water partition coefficient (Wildman–Crippen LogP) is 2.74. The largest absolute Gasteiger partial charge is 0.294 e. The number of nitrogens with two attached hydrogens (primary N) is 1. The highest BCUT2D eigenvalue weighted by Gasteiger charge is 2.22. The highest BCUT2D eigenvalue weighted by Crippen LogP contribution is 2.28. The molecule has 1 rings (SSSR count). The molecular formula is C12H19NO. The van der Waals surface area contributed by atoms with Crippen LogP contribution in [0.15, 0.2) is 12.1 Å². The quantitative estimate of drug-likeness (QED) is 0.733. The minimum absolute atomic E-state index is 0.414. The Morgan fingerprint density at radius 3 is 2.00 bits per heavy atom. The van der Waals surface area contributed by atoms with Gasteiger partial charge in [-0.25, -0.2) is 5.90 Å². The van der Waals surface area contributed by atoms with E-state index in [9.17, 15) is 0 Å². The number of hydrogen-bond donors (Lipinski definition) is 1. The third kappa shape index (κ3) is 1.97. The molecule has 0 amide bonds. The summed E-state index contributed by atoms with van der Waals surface area (Å²) in [5.74, 6) is 5.30. The third-order valence-corrected chi connectivity index (χ3v) is 2.78. The Bertz CT molecular complexity index is 342. The van der Waals surface area contributed by atoms with Crippen molar-refractivity contribution >= 4 is 0 Å². The van der Waals surface area contributed by atoms with Gasteiger partial charge in [0.05, 0.1) is 0 Å². The molecule has 0 aromatic heterocycles. The van der Waals surface area contributed by atoms with Gasteiger partial charge < -0.3 is 0 Å². The fourth-order valence-electron chi connectivity index (χ4n) is 1.67. The lowest BCUT2D eigenvalue weighted by molar-refractivity contribution is -0.0241. The topological polar surface area (TPSA) is 35.2 Å². The fraction of sp³-hybridized carbons (Fsp3) is 0.500. The Morgan fingerprint density at radius 2 is 1.50 bits per heavy atom. The molecule has 78 valence electrons. The summed E-state index contributed by atoms with van der Waals surface area (Å²) in [6, 6.07) is 4.32. The van der Waals surface area contributed by atoms with E-state index in [1.165, 1.54) is 16.7 Å². The summed E-state index contributed by atoms with van der Waals surface area (Å²) < 4.78 is 0. The molecule has 0 saturated heterocycles. The van der Waals surface area contributed by atoms with Crippen LogP contribution >= 0.6 is 0 Å². The van der Waals surface area contributed by atoms with Gasteiger partial charge in [-0.2, -0.15) is 0 Å². The highest BCUT2D eigenvalue weighted by atomic mass is 16.6. The SMILES string of the molecule is Cc1cc(C)c(C(C)(C)ON)cc1C. The van der Waals surface area contributed by atoms with Crippen LogP contribution in [0.3, 0.4) is 0 Å². The van der Waals surface area contributed by atoms with Crippen molar-refractivity contribution in [2.75, 3.05) is 0 Å². The van der Waals surface area contributed by atoms with Crippen molar-refractivity contribution in [2.45, 2.75) is 40.2 Å². The van der Waals surface area contributed by atoms with E-state index in [1.807, 2.05) is 13.8 Å². The van der Waals surface area contributed by atoms with Crippen molar-refractivity contribution in [2.24, 2.45) is 5.90 Å². The first-order chi connectivity index (χ1) is 6.38. The molecule has 14 heavy (non-hydrogen) atoms. The zero-order valence-electron chi connectivity index (χ0n) is 9.64. The van der Waals surface area contributed by atoms with Gasteiger partial charge in [0.1, 0.15) is 5.60 Å². The van der Waals surface area contributed by atoms with Crippen LogP contribution in [0.4, 0.5) is 0 Å². The van der Waals surface area contributed by atoms with Gasteiger partial charge in [0.15, 0.2) is 0 Å². The molecule has 2 heteroatoms. The van der Waals surface area contributed by atoms with Crippen molar-refractivity contribution in [1.82, 2.24) is 0 Å². The van der Waals surface area contributed by atoms with Crippen molar-refractivity contribution < 1.29 is 4.84 Å². The van der Waals surface area contributed by atoms with Gasteiger partial charge in [0, 0.05) is 0 Å². The zero-order chi connectivity index (χ0) is 10.9. The number of aryl methyl sites for hydroxylation is 3. The molecule has 0 aliphatic heterocycles. The van der Waals surface area contributed by atoms with Crippen LogP contribution in [-0.4, -0.2) is 0 Å². The van der Waals surface area contributed by atoms with E-state index in [-0.39, 0.29) is 0 Å². The molecule has 0 saturated carbocycles. The van der Waals surface area contributed by atoms with Crippen molar-refractivity contribution in [3.05, 3.63) is 34.4 Å². The maximum absolute atomic E-state index is 5.30. The van der Waals surface area contributed by atoms with Crippen LogP contribution in [0.2, 0.25) is 0 Å².